The molecule has 0 amide bonds. The lowest BCUT2D eigenvalue weighted by molar-refractivity contribution is -0.147. The van der Waals surface area contributed by atoms with E-state index in [1.807, 2.05) is 6.92 Å². The normalized spacial score (nSPS) is 17.0. The van der Waals surface area contributed by atoms with Crippen LogP contribution in [0.2, 0.25) is 0 Å². The largest absolute Gasteiger partial charge is 0.462 e. The summed E-state index contributed by atoms with van der Waals surface area (Å²) in [5, 5.41) is 0. The SMILES string of the molecule is CCOC(=O)C(=C1CCCC1)C(OC)OCC. The van der Waals surface area contributed by atoms with Gasteiger partial charge >= 0.3 is 5.97 Å². The van der Waals surface area contributed by atoms with Crippen LogP contribution in [0.4, 0.5) is 0 Å². The van der Waals surface area contributed by atoms with E-state index in [4.69, 9.17) is 14.2 Å². The third-order valence-electron chi connectivity index (χ3n) is 2.85. The van der Waals surface area contributed by atoms with Gasteiger partial charge in [0.1, 0.15) is 0 Å². The Kier molecular flexibility index (Phi) is 6.22. The van der Waals surface area contributed by atoms with E-state index in [1.54, 1.807) is 14.0 Å². The number of carbonyl (C=O) groups is 1. The Labute approximate surface area is 103 Å². The highest BCUT2D eigenvalue weighted by atomic mass is 16.7. The van der Waals surface area contributed by atoms with Crippen LogP contribution in [0, 0.1) is 0 Å². The van der Waals surface area contributed by atoms with Crippen molar-refractivity contribution in [2.75, 3.05) is 20.3 Å². The average molecular weight is 242 g/mol. The topological polar surface area (TPSA) is 44.8 Å². The van der Waals surface area contributed by atoms with E-state index in [0.717, 1.165) is 31.3 Å². The highest BCUT2D eigenvalue weighted by Crippen LogP contribution is 2.30. The molecule has 1 aliphatic carbocycles. The third-order valence-corrected chi connectivity index (χ3v) is 2.85. The van der Waals surface area contributed by atoms with Crippen molar-refractivity contribution in [1.82, 2.24) is 0 Å². The first kappa shape index (κ1) is 14.2. The summed E-state index contributed by atoms with van der Waals surface area (Å²) < 4.78 is 15.8. The number of carbonyl (C=O) groups excluding carboxylic acids is 1. The molecule has 0 aromatic heterocycles. The van der Waals surface area contributed by atoms with Crippen LogP contribution in [-0.2, 0) is 19.0 Å². The summed E-state index contributed by atoms with van der Waals surface area (Å²) in [6.45, 7) is 4.57. The summed E-state index contributed by atoms with van der Waals surface area (Å²) in [4.78, 5) is 12.0. The van der Waals surface area contributed by atoms with E-state index in [-0.39, 0.29) is 5.97 Å². The Balaban J connectivity index is 2.91. The highest BCUT2D eigenvalue weighted by molar-refractivity contribution is 5.90. The molecular weight excluding hydrogens is 220 g/mol. The third kappa shape index (κ3) is 3.82. The number of allylic oxidation sites excluding steroid dienone is 1. The van der Waals surface area contributed by atoms with Crippen molar-refractivity contribution in [3.63, 3.8) is 0 Å². The fraction of sp³-hybridized carbons (Fsp3) is 0.769. The van der Waals surface area contributed by atoms with Crippen molar-refractivity contribution in [3.05, 3.63) is 11.1 Å². The molecule has 4 nitrogen and oxygen atoms in total. The van der Waals surface area contributed by atoms with Gasteiger partial charge in [0, 0.05) is 13.7 Å². The van der Waals surface area contributed by atoms with Gasteiger partial charge in [-0.05, 0) is 39.5 Å². The molecule has 98 valence electrons. The second kappa shape index (κ2) is 7.45. The summed E-state index contributed by atoms with van der Waals surface area (Å²) >= 11 is 0. The van der Waals surface area contributed by atoms with Crippen LogP contribution in [0.25, 0.3) is 0 Å². The van der Waals surface area contributed by atoms with E-state index in [0.29, 0.717) is 18.8 Å². The van der Waals surface area contributed by atoms with Crippen LogP contribution in [-0.4, -0.2) is 32.6 Å². The minimum absolute atomic E-state index is 0.301. The molecule has 17 heavy (non-hydrogen) atoms. The Morgan fingerprint density at radius 1 is 1.24 bits per heavy atom. The van der Waals surface area contributed by atoms with Gasteiger partial charge in [0.15, 0.2) is 6.29 Å². The summed E-state index contributed by atoms with van der Waals surface area (Å²) in [6.07, 6.45) is 3.55. The van der Waals surface area contributed by atoms with Gasteiger partial charge in [-0.3, -0.25) is 0 Å². The van der Waals surface area contributed by atoms with E-state index in [1.165, 1.54) is 0 Å². The molecule has 0 bridgehead atoms. The van der Waals surface area contributed by atoms with Crippen LogP contribution in [0.1, 0.15) is 39.5 Å². The average Bonchev–Trinajstić information content (AvgIpc) is 2.82. The van der Waals surface area contributed by atoms with Crippen molar-refractivity contribution in [3.8, 4) is 0 Å². The smallest absolute Gasteiger partial charge is 0.339 e. The second-order valence-corrected chi connectivity index (χ2v) is 3.97. The van der Waals surface area contributed by atoms with Crippen molar-refractivity contribution in [1.29, 1.82) is 0 Å². The van der Waals surface area contributed by atoms with Gasteiger partial charge < -0.3 is 14.2 Å². The summed E-state index contributed by atoms with van der Waals surface area (Å²) in [5.74, 6) is -0.301. The van der Waals surface area contributed by atoms with Crippen molar-refractivity contribution < 1.29 is 19.0 Å². The summed E-state index contributed by atoms with van der Waals surface area (Å²) in [7, 11) is 1.55. The Bertz CT molecular complexity index is 275. The molecule has 0 radical (unpaired) electrons. The van der Waals surface area contributed by atoms with E-state index >= 15 is 0 Å². The molecule has 1 rings (SSSR count). The van der Waals surface area contributed by atoms with Crippen molar-refractivity contribution >= 4 is 5.97 Å². The van der Waals surface area contributed by atoms with Gasteiger partial charge in [-0.2, -0.15) is 0 Å². The van der Waals surface area contributed by atoms with E-state index < -0.39 is 6.29 Å². The zero-order valence-corrected chi connectivity index (χ0v) is 11.0. The van der Waals surface area contributed by atoms with Crippen LogP contribution < -0.4 is 0 Å². The minimum Gasteiger partial charge on any atom is -0.462 e. The number of hydrogen-bond acceptors (Lipinski definition) is 4. The first-order valence-corrected chi connectivity index (χ1v) is 6.28. The fourth-order valence-corrected chi connectivity index (χ4v) is 2.11. The van der Waals surface area contributed by atoms with Crippen LogP contribution in [0.3, 0.4) is 0 Å². The van der Waals surface area contributed by atoms with Gasteiger partial charge in [0.05, 0.1) is 12.2 Å². The number of hydrogen-bond donors (Lipinski definition) is 0. The highest BCUT2D eigenvalue weighted by Gasteiger charge is 2.27. The molecular formula is C13H22O4. The molecule has 0 aliphatic heterocycles. The zero-order chi connectivity index (χ0) is 12.7. The lowest BCUT2D eigenvalue weighted by Crippen LogP contribution is -2.26. The maximum atomic E-state index is 12.0. The van der Waals surface area contributed by atoms with Gasteiger partial charge in [-0.15, -0.1) is 0 Å². The molecule has 0 saturated heterocycles. The Morgan fingerprint density at radius 3 is 2.35 bits per heavy atom. The molecule has 0 aromatic rings. The summed E-state index contributed by atoms with van der Waals surface area (Å²) in [6, 6.07) is 0. The molecule has 0 heterocycles. The first-order valence-electron chi connectivity index (χ1n) is 6.28. The van der Waals surface area contributed by atoms with Crippen molar-refractivity contribution in [2.45, 2.75) is 45.8 Å². The van der Waals surface area contributed by atoms with Crippen LogP contribution >= 0.6 is 0 Å². The van der Waals surface area contributed by atoms with Gasteiger partial charge in [0.2, 0.25) is 0 Å². The summed E-state index contributed by atoms with van der Waals surface area (Å²) in [5.41, 5.74) is 1.71. The molecule has 1 fully saturated rings. The zero-order valence-electron chi connectivity index (χ0n) is 11.0. The van der Waals surface area contributed by atoms with E-state index in [2.05, 4.69) is 0 Å². The molecule has 0 aromatic carbocycles. The predicted octanol–water partition coefficient (Wildman–Crippen LogP) is 2.43. The van der Waals surface area contributed by atoms with Crippen molar-refractivity contribution in [2.24, 2.45) is 0 Å². The molecule has 0 N–H and O–H groups in total. The van der Waals surface area contributed by atoms with E-state index in [9.17, 15) is 4.79 Å². The molecule has 1 unspecified atom stereocenters. The monoisotopic (exact) mass is 242 g/mol. The van der Waals surface area contributed by atoms with Crippen LogP contribution in [0.5, 0.6) is 0 Å². The second-order valence-electron chi connectivity index (χ2n) is 3.97. The lowest BCUT2D eigenvalue weighted by atomic mass is 10.1. The molecule has 1 aliphatic rings. The molecule has 1 saturated carbocycles. The minimum atomic E-state index is -0.591. The maximum absolute atomic E-state index is 12.0. The lowest BCUT2D eigenvalue weighted by Gasteiger charge is -2.20. The van der Waals surface area contributed by atoms with Gasteiger partial charge in [-0.1, -0.05) is 5.57 Å². The van der Waals surface area contributed by atoms with Gasteiger partial charge in [-0.25, -0.2) is 4.79 Å². The first-order chi connectivity index (χ1) is 8.24. The molecule has 1 atom stereocenters. The quantitative estimate of drug-likeness (QED) is 0.407. The standard InChI is InChI=1S/C13H22O4/c1-4-16-12(14)11(10-8-6-7-9-10)13(15-3)17-5-2/h13H,4-9H2,1-3H3. The number of rotatable bonds is 6. The van der Waals surface area contributed by atoms with Gasteiger partial charge in [0.25, 0.3) is 0 Å². The predicted molar refractivity (Wildman–Crippen MR) is 64.6 cm³/mol. The maximum Gasteiger partial charge on any atom is 0.339 e. The molecule has 4 heteroatoms. The van der Waals surface area contributed by atoms with Crippen LogP contribution in [0.15, 0.2) is 11.1 Å². The number of methoxy groups -OCH3 is 1. The number of ether oxygens (including phenoxy) is 3. The fourth-order valence-electron chi connectivity index (χ4n) is 2.11. The Hall–Kier alpha value is -0.870. The molecule has 0 spiro atoms. The number of esters is 1. The Morgan fingerprint density at radius 2 is 1.88 bits per heavy atom.